The van der Waals surface area contributed by atoms with Crippen LogP contribution in [0.1, 0.15) is 30.9 Å². The van der Waals surface area contributed by atoms with Gasteiger partial charge < -0.3 is 15.4 Å². The van der Waals surface area contributed by atoms with E-state index in [9.17, 15) is 4.79 Å². The van der Waals surface area contributed by atoms with Crippen LogP contribution in [-0.2, 0) is 11.2 Å². The predicted octanol–water partition coefficient (Wildman–Crippen LogP) is 4.44. The maximum absolute atomic E-state index is 9.98. The van der Waals surface area contributed by atoms with Crippen molar-refractivity contribution in [1.29, 1.82) is 0 Å². The second-order valence-electron chi connectivity index (χ2n) is 6.28. The Morgan fingerprint density at radius 1 is 1.26 bits per heavy atom. The van der Waals surface area contributed by atoms with Crippen molar-refractivity contribution in [3.63, 3.8) is 0 Å². The molecule has 1 atom stereocenters. The first-order valence-corrected chi connectivity index (χ1v) is 9.56. The van der Waals surface area contributed by atoms with Gasteiger partial charge in [-0.1, -0.05) is 48.9 Å². The van der Waals surface area contributed by atoms with E-state index in [1.54, 1.807) is 7.11 Å². The number of amides is 1. The Bertz CT molecular complexity index is 744. The lowest BCUT2D eigenvalue weighted by Crippen LogP contribution is -2.20. The van der Waals surface area contributed by atoms with Gasteiger partial charge in [-0.15, -0.1) is 0 Å². The maximum Gasteiger partial charge on any atom is 0.207 e. The number of halogens is 1. The normalized spacial score (nSPS) is 15.1. The fourth-order valence-corrected chi connectivity index (χ4v) is 2.93. The lowest BCUT2D eigenvalue weighted by Gasteiger charge is -2.11. The van der Waals surface area contributed by atoms with Crippen LogP contribution >= 0.6 is 11.6 Å². The first-order valence-electron chi connectivity index (χ1n) is 9.18. The number of hydrogen-bond donors (Lipinski definition) is 2. The molecule has 2 N–H and O–H groups in total. The summed E-state index contributed by atoms with van der Waals surface area (Å²) in [5.41, 5.74) is 3.63. The highest BCUT2D eigenvalue weighted by molar-refractivity contribution is 6.30. The van der Waals surface area contributed by atoms with Gasteiger partial charge in [0.1, 0.15) is 5.75 Å². The molecule has 3 rings (SSSR count). The van der Waals surface area contributed by atoms with Crippen LogP contribution in [0.4, 0.5) is 0 Å². The van der Waals surface area contributed by atoms with Crippen LogP contribution in [0, 0.1) is 0 Å². The molecule has 0 aromatic heterocycles. The molecule has 0 bridgehead atoms. The molecule has 0 radical (unpaired) electrons. The molecule has 1 aliphatic rings. The molecule has 5 heteroatoms. The fraction of sp³-hybridized carbons (Fsp3) is 0.318. The lowest BCUT2D eigenvalue weighted by molar-refractivity contribution is -0.109. The molecule has 1 unspecified atom stereocenters. The van der Waals surface area contributed by atoms with E-state index in [1.807, 2.05) is 36.4 Å². The van der Waals surface area contributed by atoms with Gasteiger partial charge in [0.15, 0.2) is 0 Å². The van der Waals surface area contributed by atoms with Crippen molar-refractivity contribution in [1.82, 2.24) is 10.6 Å². The van der Waals surface area contributed by atoms with Crippen molar-refractivity contribution in [3.8, 4) is 5.75 Å². The van der Waals surface area contributed by atoms with Crippen LogP contribution in [0.15, 0.2) is 54.6 Å². The quantitative estimate of drug-likeness (QED) is 0.546. The third kappa shape index (κ3) is 6.99. The molecule has 1 heterocycles. The summed E-state index contributed by atoms with van der Waals surface area (Å²) in [7, 11) is 1.64. The number of hydrogen-bond acceptors (Lipinski definition) is 3. The van der Waals surface area contributed by atoms with Crippen molar-refractivity contribution in [2.45, 2.75) is 32.2 Å². The highest BCUT2D eigenvalue weighted by Crippen LogP contribution is 2.22. The third-order valence-corrected chi connectivity index (χ3v) is 4.64. The molecule has 0 aliphatic carbocycles. The summed E-state index contributed by atoms with van der Waals surface area (Å²) < 4.78 is 5.07. The number of methoxy groups -OCH3 is 1. The summed E-state index contributed by atoms with van der Waals surface area (Å²) in [6.45, 7) is 2.87. The molecule has 1 amide bonds. The van der Waals surface area contributed by atoms with Gasteiger partial charge in [0.25, 0.3) is 0 Å². The Morgan fingerprint density at radius 2 is 2.04 bits per heavy atom. The number of benzene rings is 2. The van der Waals surface area contributed by atoms with Gasteiger partial charge in [-0.05, 0) is 54.7 Å². The summed E-state index contributed by atoms with van der Waals surface area (Å²) >= 11 is 5.83. The zero-order valence-corrected chi connectivity index (χ0v) is 16.6. The molecule has 0 saturated carbocycles. The zero-order chi connectivity index (χ0) is 19.5. The Labute approximate surface area is 166 Å². The SMILES string of the molecule is CCC1CC=C(c2ccc(Cl)cc2)N1.COc1cccc(CCNC=O)c1. The first-order chi connectivity index (χ1) is 13.2. The average molecular weight is 387 g/mol. The second kappa shape index (κ2) is 11.3. The van der Waals surface area contributed by atoms with Crippen LogP contribution in [-0.4, -0.2) is 26.1 Å². The van der Waals surface area contributed by atoms with Crippen LogP contribution in [0.25, 0.3) is 5.70 Å². The highest BCUT2D eigenvalue weighted by atomic mass is 35.5. The summed E-state index contributed by atoms with van der Waals surface area (Å²) in [6, 6.07) is 16.4. The fourth-order valence-electron chi connectivity index (χ4n) is 2.80. The predicted molar refractivity (Wildman–Crippen MR) is 112 cm³/mol. The van der Waals surface area contributed by atoms with Crippen LogP contribution in [0.3, 0.4) is 0 Å². The largest absolute Gasteiger partial charge is 0.497 e. The van der Waals surface area contributed by atoms with Gasteiger partial charge >= 0.3 is 0 Å². The maximum atomic E-state index is 9.98. The smallest absolute Gasteiger partial charge is 0.207 e. The standard InChI is InChI=1S/C12H14ClN.C10H13NO2/c1-2-11-7-8-12(14-11)9-3-5-10(13)6-4-9;1-13-10-4-2-3-9(7-10)5-6-11-8-12/h3-6,8,11,14H,2,7H2,1H3;2-4,7-8H,5-6H2,1H3,(H,11,12). The number of carbonyl (C=O) groups is 1. The molecule has 144 valence electrons. The second-order valence-corrected chi connectivity index (χ2v) is 6.72. The van der Waals surface area contributed by atoms with Crippen LogP contribution in [0.5, 0.6) is 5.75 Å². The Balaban J connectivity index is 0.000000194. The van der Waals surface area contributed by atoms with Gasteiger partial charge in [0.2, 0.25) is 6.41 Å². The monoisotopic (exact) mass is 386 g/mol. The van der Waals surface area contributed by atoms with E-state index in [1.165, 1.54) is 17.7 Å². The van der Waals surface area contributed by atoms with Gasteiger partial charge in [0.05, 0.1) is 7.11 Å². The van der Waals surface area contributed by atoms with E-state index in [0.29, 0.717) is 19.0 Å². The Morgan fingerprint density at radius 3 is 2.67 bits per heavy atom. The van der Waals surface area contributed by atoms with E-state index in [4.69, 9.17) is 16.3 Å². The van der Waals surface area contributed by atoms with Crippen molar-refractivity contribution in [2.24, 2.45) is 0 Å². The topological polar surface area (TPSA) is 50.4 Å². The van der Waals surface area contributed by atoms with Crippen molar-refractivity contribution < 1.29 is 9.53 Å². The van der Waals surface area contributed by atoms with Crippen molar-refractivity contribution in [3.05, 3.63) is 70.8 Å². The molecular formula is C22H27ClN2O2. The number of nitrogens with one attached hydrogen (secondary N) is 2. The number of rotatable bonds is 7. The van der Waals surface area contributed by atoms with E-state index < -0.39 is 0 Å². The number of carbonyl (C=O) groups excluding carboxylic acids is 1. The first kappa shape index (κ1) is 20.8. The van der Waals surface area contributed by atoms with Gasteiger partial charge in [0, 0.05) is 23.3 Å². The minimum atomic E-state index is 0.612. The minimum Gasteiger partial charge on any atom is -0.497 e. The molecule has 0 spiro atoms. The van der Waals surface area contributed by atoms with Crippen molar-refractivity contribution in [2.75, 3.05) is 13.7 Å². The van der Waals surface area contributed by atoms with E-state index in [-0.39, 0.29) is 0 Å². The molecular weight excluding hydrogens is 360 g/mol. The van der Waals surface area contributed by atoms with Gasteiger partial charge in [-0.3, -0.25) is 4.79 Å². The minimum absolute atomic E-state index is 0.612. The third-order valence-electron chi connectivity index (χ3n) is 4.39. The summed E-state index contributed by atoms with van der Waals surface area (Å²) in [4.78, 5) is 9.98. The molecule has 1 aliphatic heterocycles. The molecule has 4 nitrogen and oxygen atoms in total. The van der Waals surface area contributed by atoms with Gasteiger partial charge in [-0.25, -0.2) is 0 Å². The molecule has 0 fully saturated rings. The number of ether oxygens (including phenoxy) is 1. The average Bonchev–Trinajstić information content (AvgIpc) is 3.19. The summed E-state index contributed by atoms with van der Waals surface area (Å²) in [5.74, 6) is 0.851. The van der Waals surface area contributed by atoms with E-state index in [0.717, 1.165) is 29.2 Å². The lowest BCUT2D eigenvalue weighted by atomic mass is 10.1. The summed E-state index contributed by atoms with van der Waals surface area (Å²) in [6.07, 6.45) is 6.11. The Kier molecular flexibility index (Phi) is 8.72. The molecule has 0 saturated heterocycles. The van der Waals surface area contributed by atoms with Crippen LogP contribution in [0.2, 0.25) is 5.02 Å². The van der Waals surface area contributed by atoms with Crippen molar-refractivity contribution >= 4 is 23.7 Å². The summed E-state index contributed by atoms with van der Waals surface area (Å²) in [5, 5.41) is 6.90. The Hall–Kier alpha value is -2.46. The van der Waals surface area contributed by atoms with Gasteiger partial charge in [-0.2, -0.15) is 0 Å². The zero-order valence-electron chi connectivity index (χ0n) is 15.9. The molecule has 27 heavy (non-hydrogen) atoms. The highest BCUT2D eigenvalue weighted by Gasteiger charge is 2.14. The van der Waals surface area contributed by atoms with Crippen LogP contribution < -0.4 is 15.4 Å². The molecule has 2 aromatic rings. The van der Waals surface area contributed by atoms with E-state index in [2.05, 4.69) is 35.8 Å². The van der Waals surface area contributed by atoms with E-state index >= 15 is 0 Å². The molecule has 2 aromatic carbocycles.